The largest absolute Gasteiger partial charge is 0.468 e. The zero-order valence-electron chi connectivity index (χ0n) is 22.8. The lowest BCUT2D eigenvalue weighted by Gasteiger charge is -2.37. The molecule has 1 fully saturated rings. The van der Waals surface area contributed by atoms with E-state index in [0.717, 1.165) is 4.90 Å². The molecule has 8 heteroatoms. The minimum atomic E-state index is -1.72. The third-order valence-corrected chi connectivity index (χ3v) is 8.59. The molecule has 1 saturated heterocycles. The molecule has 0 unspecified atom stereocenters. The van der Waals surface area contributed by atoms with E-state index in [2.05, 4.69) is 6.07 Å². The lowest BCUT2D eigenvalue weighted by atomic mass is 9.67. The Morgan fingerprint density at radius 1 is 1.05 bits per heavy atom. The monoisotopic (exact) mass is 543 g/mol. The van der Waals surface area contributed by atoms with Gasteiger partial charge >= 0.3 is 5.97 Å². The number of ether oxygens (including phenoxy) is 1. The van der Waals surface area contributed by atoms with E-state index >= 15 is 0 Å². The number of benzene rings is 2. The fraction of sp³-hybridized carbons (Fsp3) is 0.355. The summed E-state index contributed by atoms with van der Waals surface area (Å²) >= 11 is 1.36. The van der Waals surface area contributed by atoms with Gasteiger partial charge in [-0.05, 0) is 57.5 Å². The molecule has 39 heavy (non-hydrogen) atoms. The molecule has 4 rings (SSSR count). The number of hydrogen-bond donors (Lipinski definition) is 0. The Morgan fingerprint density at radius 3 is 2.18 bits per heavy atom. The first-order valence-electron chi connectivity index (χ1n) is 12.9. The first-order valence-corrected chi connectivity index (χ1v) is 13.9. The average molecular weight is 544 g/mol. The highest BCUT2D eigenvalue weighted by Gasteiger charge is 2.71. The summed E-state index contributed by atoms with van der Waals surface area (Å²) in [6, 6.07) is 20.8. The van der Waals surface area contributed by atoms with Crippen molar-refractivity contribution in [3.63, 3.8) is 0 Å². The molecule has 2 aromatic carbocycles. The third kappa shape index (κ3) is 4.65. The predicted octanol–water partition coefficient (Wildman–Crippen LogP) is 4.93. The molecule has 202 valence electrons. The number of hydrogen-bond acceptors (Lipinski definition) is 6. The minimum Gasteiger partial charge on any atom is -0.468 e. The van der Waals surface area contributed by atoms with Gasteiger partial charge in [-0.2, -0.15) is 5.26 Å². The first kappa shape index (κ1) is 28.2. The molecule has 2 aromatic rings. The summed E-state index contributed by atoms with van der Waals surface area (Å²) in [5, 5.41) is 10.7. The van der Waals surface area contributed by atoms with E-state index in [9.17, 15) is 19.6 Å². The number of nitriles is 1. The van der Waals surface area contributed by atoms with Crippen LogP contribution in [-0.4, -0.2) is 58.1 Å². The summed E-state index contributed by atoms with van der Waals surface area (Å²) in [4.78, 5) is 45.7. The quantitative estimate of drug-likeness (QED) is 0.267. The maximum absolute atomic E-state index is 14.5. The summed E-state index contributed by atoms with van der Waals surface area (Å²) in [6.45, 7) is 7.72. The van der Waals surface area contributed by atoms with Gasteiger partial charge in [-0.1, -0.05) is 48.5 Å². The molecule has 3 atom stereocenters. The predicted molar refractivity (Wildman–Crippen MR) is 150 cm³/mol. The van der Waals surface area contributed by atoms with E-state index in [1.807, 2.05) is 88.4 Å². The molecule has 0 saturated carbocycles. The van der Waals surface area contributed by atoms with E-state index in [1.165, 1.54) is 30.0 Å². The van der Waals surface area contributed by atoms with Crippen LogP contribution in [0.3, 0.4) is 0 Å². The number of nitrogens with zero attached hydrogens (tertiary/aromatic N) is 3. The van der Waals surface area contributed by atoms with Gasteiger partial charge in [0.1, 0.15) is 0 Å². The van der Waals surface area contributed by atoms with Crippen molar-refractivity contribution < 1.29 is 19.1 Å². The Bertz CT molecular complexity index is 1340. The van der Waals surface area contributed by atoms with Crippen molar-refractivity contribution in [2.45, 2.75) is 56.1 Å². The molecular formula is C31H33N3O4S. The van der Waals surface area contributed by atoms with Crippen molar-refractivity contribution in [3.05, 3.63) is 90.2 Å². The van der Waals surface area contributed by atoms with Crippen molar-refractivity contribution in [2.24, 2.45) is 5.41 Å². The number of fused-ring (bicyclic) bond motifs is 1. The summed E-state index contributed by atoms with van der Waals surface area (Å²) in [5.41, 5.74) is -2.32. The maximum Gasteiger partial charge on any atom is 0.323 e. The van der Waals surface area contributed by atoms with Crippen molar-refractivity contribution in [3.8, 4) is 6.07 Å². The molecule has 2 aliphatic rings. The third-order valence-electron chi connectivity index (χ3n) is 7.38. The second-order valence-corrected chi connectivity index (χ2v) is 11.4. The van der Waals surface area contributed by atoms with Crippen LogP contribution >= 0.6 is 11.8 Å². The molecule has 7 nitrogen and oxygen atoms in total. The smallest absolute Gasteiger partial charge is 0.323 e. The average Bonchev–Trinajstić information content (AvgIpc) is 3.17. The lowest BCUT2D eigenvalue weighted by molar-refractivity contribution is -0.157. The second-order valence-electron chi connectivity index (χ2n) is 10.3. The van der Waals surface area contributed by atoms with E-state index in [-0.39, 0.29) is 29.3 Å². The number of thioether (sulfide) groups is 1. The van der Waals surface area contributed by atoms with E-state index in [4.69, 9.17) is 4.74 Å². The van der Waals surface area contributed by atoms with E-state index in [0.29, 0.717) is 5.56 Å². The number of carbonyl (C=O) groups is 3. The summed E-state index contributed by atoms with van der Waals surface area (Å²) in [7, 11) is 1.26. The standard InChI is InChI=1S/C31H33N3O4S/c1-21(2)34(22(3)4)27(35)24-16-17-30(19-32)26(23-12-8-6-9-13-23)31(29(37)38-5,28(36)33(30)18-24)20-39-25-14-10-7-11-15-25/h6-18,21-22,26H,20H2,1-5H3/t26-,30+,31+/m0/s1. The van der Waals surface area contributed by atoms with Crippen molar-refractivity contribution in [2.75, 3.05) is 12.9 Å². The zero-order valence-corrected chi connectivity index (χ0v) is 23.6. The molecule has 2 amide bonds. The Balaban J connectivity index is 1.91. The molecule has 0 bridgehead atoms. The van der Waals surface area contributed by atoms with Gasteiger partial charge in [0, 0.05) is 28.9 Å². The second kappa shape index (κ2) is 11.1. The molecule has 0 N–H and O–H groups in total. The van der Waals surface area contributed by atoms with Crippen LogP contribution in [-0.2, 0) is 19.1 Å². The van der Waals surface area contributed by atoms with Crippen LogP contribution in [0.5, 0.6) is 0 Å². The Labute approximate surface area is 234 Å². The fourth-order valence-corrected chi connectivity index (χ4v) is 6.90. The maximum atomic E-state index is 14.5. The topological polar surface area (TPSA) is 90.7 Å². The SMILES string of the molecule is COC(=O)[C@@]1(CSc2ccccc2)C(=O)N2C=C(C(=O)N(C(C)C)C(C)C)C=C[C@@]2(C#N)[C@@H]1c1ccccc1. The van der Waals surface area contributed by atoms with E-state index < -0.39 is 28.7 Å². The van der Waals surface area contributed by atoms with Crippen LogP contribution in [0.25, 0.3) is 0 Å². The van der Waals surface area contributed by atoms with Crippen LogP contribution in [0.4, 0.5) is 0 Å². The molecule has 0 aliphatic carbocycles. The Hall–Kier alpha value is -3.83. The number of carbonyl (C=O) groups excluding carboxylic acids is 3. The molecule has 2 aliphatic heterocycles. The number of esters is 1. The number of rotatable bonds is 8. The van der Waals surface area contributed by atoms with Gasteiger partial charge in [0.2, 0.25) is 5.91 Å². The molecule has 2 heterocycles. The highest BCUT2D eigenvalue weighted by atomic mass is 32.2. The van der Waals surface area contributed by atoms with Gasteiger partial charge in [0.05, 0.1) is 24.7 Å². The summed E-state index contributed by atoms with van der Waals surface area (Å²) in [6.07, 6.45) is 4.66. The van der Waals surface area contributed by atoms with Crippen LogP contribution in [0.15, 0.2) is 89.5 Å². The highest BCUT2D eigenvalue weighted by Crippen LogP contribution is 2.58. The van der Waals surface area contributed by atoms with Crippen molar-refractivity contribution >= 4 is 29.5 Å². The van der Waals surface area contributed by atoms with Crippen molar-refractivity contribution in [1.29, 1.82) is 5.26 Å². The van der Waals surface area contributed by atoms with Gasteiger partial charge < -0.3 is 9.64 Å². The van der Waals surface area contributed by atoms with Gasteiger partial charge in [-0.25, -0.2) is 0 Å². The summed E-state index contributed by atoms with van der Waals surface area (Å²) in [5.74, 6) is -2.36. The highest BCUT2D eigenvalue weighted by molar-refractivity contribution is 7.99. The van der Waals surface area contributed by atoms with Crippen LogP contribution < -0.4 is 0 Å². The number of amides is 2. The molecular weight excluding hydrogens is 510 g/mol. The van der Waals surface area contributed by atoms with Gasteiger partial charge in [-0.3, -0.25) is 19.3 Å². The normalized spacial score (nSPS) is 23.8. The van der Waals surface area contributed by atoms with Gasteiger partial charge in [-0.15, -0.1) is 11.8 Å². The van der Waals surface area contributed by atoms with Crippen molar-refractivity contribution in [1.82, 2.24) is 9.80 Å². The molecule has 0 spiro atoms. The van der Waals surface area contributed by atoms with Crippen LogP contribution in [0.1, 0.15) is 39.2 Å². The van der Waals surface area contributed by atoms with Gasteiger partial charge in [0.25, 0.3) is 5.91 Å². The lowest BCUT2D eigenvalue weighted by Crippen LogP contribution is -2.47. The van der Waals surface area contributed by atoms with Crippen LogP contribution in [0.2, 0.25) is 0 Å². The Kier molecular flexibility index (Phi) is 8.03. The minimum absolute atomic E-state index is 0.0527. The zero-order chi connectivity index (χ0) is 28.4. The molecule has 0 aromatic heterocycles. The van der Waals surface area contributed by atoms with E-state index in [1.54, 1.807) is 17.1 Å². The number of methoxy groups -OCH3 is 1. The van der Waals surface area contributed by atoms with Gasteiger partial charge in [0.15, 0.2) is 11.0 Å². The Morgan fingerprint density at radius 2 is 1.64 bits per heavy atom. The fourth-order valence-electron chi connectivity index (χ4n) is 5.75. The summed E-state index contributed by atoms with van der Waals surface area (Å²) < 4.78 is 5.29. The van der Waals surface area contributed by atoms with Crippen LogP contribution in [0, 0.1) is 16.7 Å². The molecule has 0 radical (unpaired) electrons. The first-order chi connectivity index (χ1) is 18.6.